The highest BCUT2D eigenvalue weighted by Crippen LogP contribution is 2.55. The summed E-state index contributed by atoms with van der Waals surface area (Å²) in [6, 6.07) is 0. The molecule has 0 spiro atoms. The fourth-order valence-electron chi connectivity index (χ4n) is 8.05. The summed E-state index contributed by atoms with van der Waals surface area (Å²) in [4.78, 5) is 40.5. The topological polar surface area (TPSA) is 237 Å². The number of methoxy groups -OCH3 is 1. The van der Waals surface area contributed by atoms with Crippen molar-refractivity contribution in [1.82, 2.24) is 5.01 Å². The molecular weight excluding hydrogens is 766 g/mol. The third kappa shape index (κ3) is 8.91. The van der Waals surface area contributed by atoms with Crippen molar-refractivity contribution in [3.8, 4) is 23.0 Å². The molecule has 5 bridgehead atoms. The number of β-amino-alcohol motifs (C(OH)–C–C–N with tert-alkyl or cyclic N) is 1. The van der Waals surface area contributed by atoms with Gasteiger partial charge in [-0.1, -0.05) is 45.9 Å². The first-order chi connectivity index (χ1) is 27.7. The number of ketones is 1. The van der Waals surface area contributed by atoms with E-state index in [2.05, 4.69) is 10.4 Å². The first kappa shape index (κ1) is 44.9. The first-order valence-electron chi connectivity index (χ1n) is 19.8. The molecule has 0 aliphatic carbocycles. The van der Waals surface area contributed by atoms with Gasteiger partial charge in [-0.2, -0.15) is 5.10 Å². The summed E-state index contributed by atoms with van der Waals surface area (Å²) >= 11 is 0. The number of aliphatic hydroxyl groups is 3. The molecule has 4 aliphatic heterocycles. The van der Waals surface area contributed by atoms with Gasteiger partial charge in [-0.15, -0.1) is 0 Å². The Bertz CT molecular complexity index is 2080. The zero-order valence-electron chi connectivity index (χ0n) is 34.9. The number of Topliss-reactive ketones (excluding diaryl/α,β-unsaturated/α-hetero) is 1. The van der Waals surface area contributed by atoms with Gasteiger partial charge in [0.05, 0.1) is 65.6 Å². The molecule has 1 fully saturated rings. The largest absolute Gasteiger partial charge is 0.507 e. The molecule has 0 saturated carbocycles. The number of hydrogen-bond donors (Lipinski definition) is 7. The number of carbonyl (C=O) groups is 3. The Hall–Kier alpha value is -5.16. The number of amides is 1. The van der Waals surface area contributed by atoms with Crippen molar-refractivity contribution in [2.45, 2.75) is 105 Å². The molecule has 322 valence electrons. The number of allylic oxidation sites excluding steroid dienone is 2. The molecule has 7 N–H and O–H groups in total. The maximum Gasteiger partial charge on any atom is 0.312 e. The number of hydrazone groups is 1. The smallest absolute Gasteiger partial charge is 0.312 e. The molecule has 2 aromatic rings. The molecule has 0 radical (unpaired) electrons. The highest BCUT2D eigenvalue weighted by molar-refractivity contribution is 6.23. The standard InChI is InChI=1S/C43H57N3O13/c1-20-12-10-13-21(2)42(55)45-33-28(18-44-46-16-11-14-27(48)19-46)37(52)30-31(38(33)53)36(51)25(6)40-32(30)41(54)43(8,59-40)57-17-15-29(56-9)22(3)39(58-26(7)47)24(5)35(50)23(4)34(20)49/h10,12-13,15,17-18,20,22-24,27,29,34-35,39,48-53H,11,14,16,19H2,1-9H3,(H,45,55)/b12-10+,17-15+,21-13?,44-18+. The van der Waals surface area contributed by atoms with E-state index in [4.69, 9.17) is 18.9 Å². The van der Waals surface area contributed by atoms with Gasteiger partial charge in [-0.3, -0.25) is 19.4 Å². The zero-order valence-corrected chi connectivity index (χ0v) is 34.9. The third-order valence-corrected chi connectivity index (χ3v) is 11.8. The van der Waals surface area contributed by atoms with Crippen molar-refractivity contribution in [3.63, 3.8) is 0 Å². The second-order valence-electron chi connectivity index (χ2n) is 16.1. The number of carbonyl (C=O) groups excluding carboxylic acids is 3. The SMILES string of the molecule is COC1/C=C/OC2(C)Oc3c(C)c(O)c4c(O)c(c(/C=N/N5CCCC(O)C5)c(O)c4c3C2=O)NC(=O)C(C)=C/C=C/C(C)C(O)C(C)C(O)C(C)C(OC(C)=O)C1C. The highest BCUT2D eigenvalue weighted by Gasteiger charge is 2.50. The van der Waals surface area contributed by atoms with Gasteiger partial charge in [0.15, 0.2) is 5.75 Å². The zero-order chi connectivity index (χ0) is 43.7. The van der Waals surface area contributed by atoms with Crippen LogP contribution < -0.4 is 10.1 Å². The Balaban J connectivity index is 1.71. The van der Waals surface area contributed by atoms with E-state index in [-0.39, 0.29) is 51.0 Å². The minimum atomic E-state index is -2.07. The molecule has 16 nitrogen and oxygen atoms in total. The van der Waals surface area contributed by atoms with Gasteiger partial charge in [-0.05, 0) is 32.8 Å². The number of nitrogens with one attached hydrogen (secondary N) is 1. The van der Waals surface area contributed by atoms with E-state index >= 15 is 0 Å². The van der Waals surface area contributed by atoms with Crippen LogP contribution in [-0.4, -0.2) is 116 Å². The number of ether oxygens (including phenoxy) is 4. The minimum absolute atomic E-state index is 0.0327. The molecular formula is C43H57N3O13. The number of anilines is 1. The van der Waals surface area contributed by atoms with Crippen molar-refractivity contribution in [2.24, 2.45) is 28.8 Å². The van der Waals surface area contributed by atoms with Crippen molar-refractivity contribution >= 4 is 40.3 Å². The third-order valence-electron chi connectivity index (χ3n) is 11.8. The first-order valence-corrected chi connectivity index (χ1v) is 19.8. The van der Waals surface area contributed by atoms with Gasteiger partial charge in [0.1, 0.15) is 23.4 Å². The molecule has 2 aromatic carbocycles. The number of phenolic OH excluding ortho intramolecular Hbond substituents is 3. The second-order valence-corrected chi connectivity index (χ2v) is 16.1. The van der Waals surface area contributed by atoms with Crippen LogP contribution in [0.5, 0.6) is 23.0 Å². The number of nitrogens with zero attached hydrogens (tertiary/aromatic N) is 2. The van der Waals surface area contributed by atoms with Crippen LogP contribution in [0.25, 0.3) is 10.8 Å². The Morgan fingerprint density at radius 3 is 2.32 bits per heavy atom. The fraction of sp³-hybridized carbons (Fsp3) is 0.535. The number of aromatic hydroxyl groups is 3. The molecule has 59 heavy (non-hydrogen) atoms. The molecule has 4 heterocycles. The summed E-state index contributed by atoms with van der Waals surface area (Å²) in [5, 5.41) is 76.6. The average Bonchev–Trinajstić information content (AvgIpc) is 3.46. The lowest BCUT2D eigenvalue weighted by molar-refractivity contribution is -0.160. The van der Waals surface area contributed by atoms with Crippen molar-refractivity contribution < 1.29 is 64.0 Å². The van der Waals surface area contributed by atoms with Crippen LogP contribution >= 0.6 is 0 Å². The molecule has 0 aromatic heterocycles. The molecule has 4 aliphatic rings. The quantitative estimate of drug-likeness (QED) is 0.0971. The number of hydrogen-bond acceptors (Lipinski definition) is 15. The van der Waals surface area contributed by atoms with E-state index in [1.165, 1.54) is 59.4 Å². The Morgan fingerprint density at radius 2 is 1.68 bits per heavy atom. The maximum atomic E-state index is 14.4. The van der Waals surface area contributed by atoms with Crippen molar-refractivity contribution in [1.29, 1.82) is 0 Å². The number of phenols is 3. The number of esters is 1. The van der Waals surface area contributed by atoms with Gasteiger partial charge in [0, 0.05) is 67.7 Å². The summed E-state index contributed by atoms with van der Waals surface area (Å²) in [6.45, 7) is 13.1. The lowest BCUT2D eigenvalue weighted by atomic mass is 9.78. The van der Waals surface area contributed by atoms with Crippen LogP contribution in [0.3, 0.4) is 0 Å². The number of aliphatic hydroxyl groups excluding tert-OH is 3. The normalized spacial score (nSPS) is 32.1. The van der Waals surface area contributed by atoms with Crippen molar-refractivity contribution in [2.75, 3.05) is 25.5 Å². The van der Waals surface area contributed by atoms with E-state index in [1.807, 2.05) is 0 Å². The van der Waals surface area contributed by atoms with Gasteiger partial charge in [0.25, 0.3) is 11.7 Å². The summed E-state index contributed by atoms with van der Waals surface area (Å²) in [5.41, 5.74) is -0.555. The fourth-order valence-corrected chi connectivity index (χ4v) is 8.05. The van der Waals surface area contributed by atoms with Gasteiger partial charge < -0.3 is 54.9 Å². The lowest BCUT2D eigenvalue weighted by Crippen LogP contribution is -2.46. The summed E-state index contributed by atoms with van der Waals surface area (Å²) in [6.07, 6.45) is 5.20. The van der Waals surface area contributed by atoms with Gasteiger partial charge >= 0.3 is 11.8 Å². The number of piperidine rings is 1. The van der Waals surface area contributed by atoms with Gasteiger partial charge in [-0.25, -0.2) is 0 Å². The van der Waals surface area contributed by atoms with Crippen LogP contribution in [0.1, 0.15) is 82.8 Å². The van der Waals surface area contributed by atoms with E-state index in [1.54, 1.807) is 44.9 Å². The minimum Gasteiger partial charge on any atom is -0.507 e. The van der Waals surface area contributed by atoms with Crippen LogP contribution in [0, 0.1) is 30.6 Å². The second kappa shape index (κ2) is 18.0. The van der Waals surface area contributed by atoms with E-state index in [0.717, 1.165) is 0 Å². The molecule has 10 atom stereocenters. The van der Waals surface area contributed by atoms with Crippen LogP contribution in [0.2, 0.25) is 0 Å². The van der Waals surface area contributed by atoms with E-state index < -0.39 is 94.9 Å². The molecule has 6 rings (SSSR count). The molecule has 16 heteroatoms. The monoisotopic (exact) mass is 823 g/mol. The van der Waals surface area contributed by atoms with Crippen LogP contribution in [0.15, 0.2) is 41.2 Å². The summed E-state index contributed by atoms with van der Waals surface area (Å²) in [7, 11) is 1.43. The van der Waals surface area contributed by atoms with E-state index in [0.29, 0.717) is 19.4 Å². The predicted molar refractivity (Wildman–Crippen MR) is 218 cm³/mol. The summed E-state index contributed by atoms with van der Waals surface area (Å²) < 4.78 is 23.5. The van der Waals surface area contributed by atoms with Crippen molar-refractivity contribution in [3.05, 3.63) is 52.8 Å². The number of benzene rings is 2. The Kier molecular flexibility index (Phi) is 13.7. The lowest BCUT2D eigenvalue weighted by Gasteiger charge is -2.38. The molecule has 1 amide bonds. The maximum absolute atomic E-state index is 14.4. The summed E-state index contributed by atoms with van der Waals surface area (Å²) in [5.74, 6) is -8.63. The van der Waals surface area contributed by atoms with Crippen LogP contribution in [-0.2, 0) is 23.8 Å². The highest BCUT2D eigenvalue weighted by atomic mass is 16.7. The van der Waals surface area contributed by atoms with E-state index in [9.17, 15) is 45.0 Å². The van der Waals surface area contributed by atoms with Crippen LogP contribution in [0.4, 0.5) is 5.69 Å². The Morgan fingerprint density at radius 1 is 0.983 bits per heavy atom. The van der Waals surface area contributed by atoms with Gasteiger partial charge in [0.2, 0.25) is 0 Å². The predicted octanol–water partition coefficient (Wildman–Crippen LogP) is 4.54. The number of rotatable bonds is 4. The average molecular weight is 824 g/mol. The Labute approximate surface area is 343 Å². The molecule has 1 saturated heterocycles. The molecule has 10 unspecified atom stereocenters. The number of fused-ring (bicyclic) bond motifs is 14.